The maximum absolute atomic E-state index is 6.18. The molecule has 0 aliphatic carbocycles. The number of rotatable bonds is 20. The highest BCUT2D eigenvalue weighted by molar-refractivity contribution is 6.67. The quantitative estimate of drug-likeness (QED) is 0.248. The molecule has 0 aromatic rings. The fraction of sp³-hybridized carbons (Fsp3) is 1.00. The highest BCUT2D eigenvalue weighted by Gasteiger charge is 2.46. The van der Waals surface area contributed by atoms with Gasteiger partial charge in [0, 0.05) is 45.3 Å². The van der Waals surface area contributed by atoms with E-state index in [0.29, 0.717) is 0 Å². The van der Waals surface area contributed by atoms with Gasteiger partial charge in [0.25, 0.3) is 0 Å². The third-order valence-electron chi connectivity index (χ3n) is 6.57. The average Bonchev–Trinajstić information content (AvgIpc) is 2.76. The Morgan fingerprint density at radius 2 is 0.933 bits per heavy atom. The van der Waals surface area contributed by atoms with Gasteiger partial charge in [-0.2, -0.15) is 0 Å². The van der Waals surface area contributed by atoms with Crippen molar-refractivity contribution in [2.75, 3.05) is 73.1 Å². The first-order valence-corrected chi connectivity index (χ1v) is 14.9. The summed E-state index contributed by atoms with van der Waals surface area (Å²) in [5, 5.41) is 0. The van der Waals surface area contributed by atoms with Crippen LogP contribution in [0.15, 0.2) is 0 Å². The fourth-order valence-electron chi connectivity index (χ4n) is 4.95. The SMILES string of the molecule is CCCN(CC)CC(CN(CC)CCC)(CN(CC)CCC)C[Si](CC)(OC)OC. The average molecular weight is 446 g/mol. The maximum Gasteiger partial charge on any atom is 0.338 e. The Morgan fingerprint density at radius 3 is 1.13 bits per heavy atom. The lowest BCUT2D eigenvalue weighted by Gasteiger charge is -2.47. The molecule has 6 heteroatoms. The fourth-order valence-corrected chi connectivity index (χ4v) is 7.71. The minimum absolute atomic E-state index is 0.149. The molecule has 0 rings (SSSR count). The molecule has 0 aliphatic rings. The molecule has 0 saturated carbocycles. The molecule has 0 saturated heterocycles. The number of hydrogen-bond acceptors (Lipinski definition) is 5. The Bertz CT molecular complexity index is 359. The van der Waals surface area contributed by atoms with Crippen LogP contribution in [0.5, 0.6) is 0 Å². The van der Waals surface area contributed by atoms with Crippen LogP contribution in [0.3, 0.4) is 0 Å². The van der Waals surface area contributed by atoms with E-state index in [1.165, 1.54) is 38.9 Å². The van der Waals surface area contributed by atoms with E-state index < -0.39 is 8.56 Å². The molecule has 0 aliphatic heterocycles. The summed E-state index contributed by atoms with van der Waals surface area (Å²) in [4.78, 5) is 8.00. The zero-order valence-corrected chi connectivity index (χ0v) is 23.1. The maximum atomic E-state index is 6.18. The van der Waals surface area contributed by atoms with Crippen LogP contribution >= 0.6 is 0 Å². The van der Waals surface area contributed by atoms with Crippen LogP contribution in [0.1, 0.15) is 67.7 Å². The third kappa shape index (κ3) is 10.1. The van der Waals surface area contributed by atoms with Gasteiger partial charge in [-0.3, -0.25) is 0 Å². The van der Waals surface area contributed by atoms with Gasteiger partial charge in [0.1, 0.15) is 0 Å². The third-order valence-corrected chi connectivity index (χ3v) is 10.4. The number of nitrogens with zero attached hydrogens (tertiary/aromatic N) is 3. The lowest BCUT2D eigenvalue weighted by molar-refractivity contribution is 0.0608. The summed E-state index contributed by atoms with van der Waals surface area (Å²) < 4.78 is 12.4. The monoisotopic (exact) mass is 445 g/mol. The Morgan fingerprint density at radius 1 is 0.600 bits per heavy atom. The summed E-state index contributed by atoms with van der Waals surface area (Å²) in [6.07, 6.45) is 3.61. The summed E-state index contributed by atoms with van der Waals surface area (Å²) in [7, 11) is 1.51. The standard InChI is InChI=1S/C24H55N3O2Si/c1-10-17-25(13-4)20-24(21-26(14-5)18-11-2,22-27(15-6)19-12-3)23-30(16-7,28-8)29-9/h10-23H2,1-9H3. The van der Waals surface area contributed by atoms with Crippen molar-refractivity contribution in [3.05, 3.63) is 0 Å². The normalized spacial score (nSPS) is 13.2. The summed E-state index contributed by atoms with van der Waals surface area (Å²) in [5.74, 6) is 0. The minimum atomic E-state index is -2.24. The Kier molecular flexibility index (Phi) is 16.6. The first-order chi connectivity index (χ1) is 14.4. The second-order valence-electron chi connectivity index (χ2n) is 8.96. The second kappa shape index (κ2) is 16.6. The summed E-state index contributed by atoms with van der Waals surface area (Å²) in [6, 6.07) is 2.06. The van der Waals surface area contributed by atoms with E-state index in [9.17, 15) is 0 Å². The molecule has 0 radical (unpaired) electrons. The van der Waals surface area contributed by atoms with Crippen molar-refractivity contribution < 1.29 is 8.85 Å². The van der Waals surface area contributed by atoms with Gasteiger partial charge in [0.05, 0.1) is 0 Å². The summed E-state index contributed by atoms with van der Waals surface area (Å²) >= 11 is 0. The van der Waals surface area contributed by atoms with E-state index in [1.54, 1.807) is 0 Å². The van der Waals surface area contributed by atoms with Gasteiger partial charge < -0.3 is 23.6 Å². The molecule has 0 bridgehead atoms. The van der Waals surface area contributed by atoms with Gasteiger partial charge in [-0.1, -0.05) is 48.5 Å². The molecule has 5 nitrogen and oxygen atoms in total. The molecule has 0 atom stereocenters. The molecule has 0 spiro atoms. The predicted molar refractivity (Wildman–Crippen MR) is 135 cm³/mol. The van der Waals surface area contributed by atoms with Crippen molar-refractivity contribution >= 4 is 8.56 Å². The molecule has 30 heavy (non-hydrogen) atoms. The van der Waals surface area contributed by atoms with Gasteiger partial charge >= 0.3 is 8.56 Å². The lowest BCUT2D eigenvalue weighted by Crippen LogP contribution is -2.57. The molecular weight excluding hydrogens is 390 g/mol. The van der Waals surface area contributed by atoms with Crippen molar-refractivity contribution in [1.29, 1.82) is 0 Å². The molecule has 0 heterocycles. The minimum Gasteiger partial charge on any atom is -0.398 e. The first-order valence-electron chi connectivity index (χ1n) is 12.6. The Hall–Kier alpha value is 0.0169. The Labute approximate surface area is 190 Å². The van der Waals surface area contributed by atoms with Gasteiger partial charge in [0.2, 0.25) is 0 Å². The van der Waals surface area contributed by atoms with E-state index in [-0.39, 0.29) is 5.41 Å². The smallest absolute Gasteiger partial charge is 0.338 e. The molecular formula is C24H55N3O2Si. The van der Waals surface area contributed by atoms with E-state index in [1.807, 2.05) is 14.2 Å². The van der Waals surface area contributed by atoms with Crippen LogP contribution in [0.4, 0.5) is 0 Å². The van der Waals surface area contributed by atoms with Crippen LogP contribution in [0.25, 0.3) is 0 Å². The number of hydrogen-bond donors (Lipinski definition) is 0. The molecule has 0 N–H and O–H groups in total. The lowest BCUT2D eigenvalue weighted by atomic mass is 9.87. The van der Waals surface area contributed by atoms with Crippen molar-refractivity contribution in [3.63, 3.8) is 0 Å². The van der Waals surface area contributed by atoms with Gasteiger partial charge in [0.15, 0.2) is 0 Å². The van der Waals surface area contributed by atoms with E-state index >= 15 is 0 Å². The molecule has 0 unspecified atom stereocenters. The second-order valence-corrected chi connectivity index (χ2v) is 12.7. The van der Waals surface area contributed by atoms with Crippen LogP contribution in [-0.2, 0) is 8.85 Å². The molecule has 182 valence electrons. The molecule has 0 aromatic heterocycles. The predicted octanol–water partition coefficient (Wildman–Crippen LogP) is 4.92. The van der Waals surface area contributed by atoms with Crippen LogP contribution in [0.2, 0.25) is 12.1 Å². The van der Waals surface area contributed by atoms with Gasteiger partial charge in [-0.05, 0) is 64.6 Å². The van der Waals surface area contributed by atoms with Crippen LogP contribution < -0.4 is 0 Å². The van der Waals surface area contributed by atoms with Crippen molar-refractivity contribution in [2.24, 2.45) is 5.41 Å². The van der Waals surface area contributed by atoms with Crippen LogP contribution in [-0.4, -0.2) is 96.4 Å². The first kappa shape index (κ1) is 30.0. The topological polar surface area (TPSA) is 28.2 Å². The van der Waals surface area contributed by atoms with Crippen molar-refractivity contribution in [2.45, 2.75) is 79.8 Å². The zero-order chi connectivity index (χ0) is 23.0. The zero-order valence-electron chi connectivity index (χ0n) is 22.1. The summed E-state index contributed by atoms with van der Waals surface area (Å²) in [5.41, 5.74) is 0.149. The van der Waals surface area contributed by atoms with Crippen molar-refractivity contribution in [3.8, 4) is 0 Å². The van der Waals surface area contributed by atoms with E-state index in [2.05, 4.69) is 63.2 Å². The molecule has 0 aromatic carbocycles. The van der Waals surface area contributed by atoms with Crippen LogP contribution in [0, 0.1) is 5.41 Å². The van der Waals surface area contributed by atoms with Gasteiger partial charge in [-0.15, -0.1) is 0 Å². The highest BCUT2D eigenvalue weighted by Crippen LogP contribution is 2.36. The molecule has 0 amide bonds. The van der Waals surface area contributed by atoms with E-state index in [0.717, 1.165) is 51.4 Å². The van der Waals surface area contributed by atoms with Gasteiger partial charge in [-0.25, -0.2) is 0 Å². The van der Waals surface area contributed by atoms with Crippen molar-refractivity contribution in [1.82, 2.24) is 14.7 Å². The highest BCUT2D eigenvalue weighted by atomic mass is 28.4. The summed E-state index contributed by atoms with van der Waals surface area (Å²) in [6.45, 7) is 26.3. The largest absolute Gasteiger partial charge is 0.398 e. The molecule has 0 fully saturated rings. The van der Waals surface area contributed by atoms with E-state index in [4.69, 9.17) is 8.85 Å². The Balaban J connectivity index is 6.23.